The van der Waals surface area contributed by atoms with E-state index >= 15 is 0 Å². The lowest BCUT2D eigenvalue weighted by atomic mass is 10.2. The summed E-state index contributed by atoms with van der Waals surface area (Å²) in [6.45, 7) is 2.85. The number of nitrogens with zero attached hydrogens (tertiary/aromatic N) is 3. The van der Waals surface area contributed by atoms with Gasteiger partial charge in [0.05, 0.1) is 5.56 Å². The molecule has 0 radical (unpaired) electrons. The molecule has 21 heavy (non-hydrogen) atoms. The smallest absolute Gasteiger partial charge is 0.256 e. The van der Waals surface area contributed by atoms with Crippen molar-refractivity contribution in [2.24, 2.45) is 0 Å². The third-order valence-corrected chi connectivity index (χ3v) is 3.12. The Bertz CT molecular complexity index is 569. The second-order valence-corrected chi connectivity index (χ2v) is 4.87. The molecule has 1 aromatic heterocycles. The number of hydrogen-bond donors (Lipinski definition) is 1. The van der Waals surface area contributed by atoms with Crippen molar-refractivity contribution in [3.63, 3.8) is 0 Å². The number of nitrogens with one attached hydrogen (secondary N) is 1. The van der Waals surface area contributed by atoms with Crippen LogP contribution in [-0.2, 0) is 0 Å². The summed E-state index contributed by atoms with van der Waals surface area (Å²) in [5.41, 5.74) is 1.42. The van der Waals surface area contributed by atoms with Gasteiger partial charge < -0.3 is 10.2 Å². The molecule has 5 nitrogen and oxygen atoms in total. The first kappa shape index (κ1) is 15.0. The maximum absolute atomic E-state index is 12.1. The Morgan fingerprint density at radius 2 is 1.86 bits per heavy atom. The number of unbranched alkanes of at least 4 members (excludes halogenated alkanes) is 1. The molecule has 1 heterocycles. The Kier molecular flexibility index (Phi) is 5.26. The van der Waals surface area contributed by atoms with E-state index < -0.39 is 0 Å². The minimum atomic E-state index is -0.0466. The van der Waals surface area contributed by atoms with Crippen LogP contribution < -0.4 is 5.32 Å². The molecule has 0 fully saturated rings. The van der Waals surface area contributed by atoms with Crippen molar-refractivity contribution in [3.05, 3.63) is 48.3 Å². The van der Waals surface area contributed by atoms with E-state index in [1.165, 1.54) is 0 Å². The molecule has 0 bridgehead atoms. The van der Waals surface area contributed by atoms with Gasteiger partial charge in [0.15, 0.2) is 0 Å². The lowest BCUT2D eigenvalue weighted by Gasteiger charge is -2.16. The van der Waals surface area contributed by atoms with E-state index in [0.29, 0.717) is 11.5 Å². The van der Waals surface area contributed by atoms with Gasteiger partial charge in [-0.05, 0) is 18.6 Å². The zero-order valence-electron chi connectivity index (χ0n) is 12.4. The molecule has 1 N–H and O–H groups in total. The van der Waals surface area contributed by atoms with E-state index in [1.807, 2.05) is 30.3 Å². The molecule has 0 aliphatic rings. The Morgan fingerprint density at radius 1 is 1.19 bits per heavy atom. The number of amides is 1. The Balaban J connectivity index is 2.00. The Labute approximate surface area is 125 Å². The van der Waals surface area contributed by atoms with Gasteiger partial charge in [-0.1, -0.05) is 31.5 Å². The Hall–Kier alpha value is -2.43. The Morgan fingerprint density at radius 3 is 2.48 bits per heavy atom. The highest BCUT2D eigenvalue weighted by Crippen LogP contribution is 2.12. The molecule has 0 spiro atoms. The molecule has 5 heteroatoms. The van der Waals surface area contributed by atoms with Crippen LogP contribution in [-0.4, -0.2) is 34.4 Å². The molecular weight excluding hydrogens is 264 g/mol. The third kappa shape index (κ3) is 4.27. The number of rotatable bonds is 6. The van der Waals surface area contributed by atoms with Crippen molar-refractivity contribution >= 4 is 17.5 Å². The molecule has 0 aliphatic carbocycles. The van der Waals surface area contributed by atoms with Gasteiger partial charge in [0, 0.05) is 31.7 Å². The average molecular weight is 284 g/mol. The fraction of sp³-hybridized carbons (Fsp3) is 0.312. The summed E-state index contributed by atoms with van der Waals surface area (Å²) in [5, 5.41) is 3.09. The second kappa shape index (κ2) is 7.38. The number of carbonyl (C=O) groups is 1. The largest absolute Gasteiger partial charge is 0.342 e. The monoisotopic (exact) mass is 284 g/mol. The minimum Gasteiger partial charge on any atom is -0.342 e. The molecule has 0 aliphatic heterocycles. The van der Waals surface area contributed by atoms with Crippen LogP contribution >= 0.6 is 0 Å². The van der Waals surface area contributed by atoms with E-state index in [4.69, 9.17) is 0 Å². The average Bonchev–Trinajstić information content (AvgIpc) is 2.53. The first-order valence-corrected chi connectivity index (χ1v) is 7.10. The standard InChI is InChI=1S/C16H20N4O/c1-3-4-10-20(2)15(21)13-11-17-16(18-12-13)19-14-8-6-5-7-9-14/h5-9,11-12H,3-4,10H2,1-2H3,(H,17,18,19). The molecule has 110 valence electrons. The molecule has 2 rings (SSSR count). The number of hydrogen-bond acceptors (Lipinski definition) is 4. The molecule has 1 aromatic carbocycles. The van der Waals surface area contributed by atoms with Crippen LogP contribution in [0.2, 0.25) is 0 Å². The van der Waals surface area contributed by atoms with Gasteiger partial charge >= 0.3 is 0 Å². The predicted molar refractivity (Wildman–Crippen MR) is 83.6 cm³/mol. The quantitative estimate of drug-likeness (QED) is 0.885. The first-order chi connectivity index (χ1) is 10.2. The zero-order valence-corrected chi connectivity index (χ0v) is 12.4. The highest BCUT2D eigenvalue weighted by Gasteiger charge is 2.12. The van der Waals surface area contributed by atoms with Crippen molar-refractivity contribution in [2.75, 3.05) is 18.9 Å². The fourth-order valence-electron chi connectivity index (χ4n) is 1.87. The van der Waals surface area contributed by atoms with E-state index in [1.54, 1.807) is 24.3 Å². The van der Waals surface area contributed by atoms with E-state index in [-0.39, 0.29) is 5.91 Å². The number of carbonyl (C=O) groups excluding carboxylic acids is 1. The van der Waals surface area contributed by atoms with Crippen molar-refractivity contribution < 1.29 is 4.79 Å². The van der Waals surface area contributed by atoms with Crippen LogP contribution in [0.4, 0.5) is 11.6 Å². The number of anilines is 2. The van der Waals surface area contributed by atoms with Crippen LogP contribution in [0.1, 0.15) is 30.1 Å². The first-order valence-electron chi connectivity index (χ1n) is 7.10. The molecule has 2 aromatic rings. The van der Waals surface area contributed by atoms with Gasteiger partial charge in [-0.3, -0.25) is 4.79 Å². The third-order valence-electron chi connectivity index (χ3n) is 3.12. The summed E-state index contributed by atoms with van der Waals surface area (Å²) >= 11 is 0. The summed E-state index contributed by atoms with van der Waals surface area (Å²) in [7, 11) is 1.80. The zero-order chi connectivity index (χ0) is 15.1. The summed E-state index contributed by atoms with van der Waals surface area (Å²) in [6, 6.07) is 9.67. The summed E-state index contributed by atoms with van der Waals surface area (Å²) in [6.07, 6.45) is 5.18. The van der Waals surface area contributed by atoms with Crippen LogP contribution in [0.5, 0.6) is 0 Å². The van der Waals surface area contributed by atoms with Gasteiger partial charge in [0.25, 0.3) is 5.91 Å². The van der Waals surface area contributed by atoms with Crippen molar-refractivity contribution in [1.82, 2.24) is 14.9 Å². The van der Waals surface area contributed by atoms with Crippen molar-refractivity contribution in [2.45, 2.75) is 19.8 Å². The topological polar surface area (TPSA) is 58.1 Å². The van der Waals surface area contributed by atoms with Crippen molar-refractivity contribution in [3.8, 4) is 0 Å². The second-order valence-electron chi connectivity index (χ2n) is 4.87. The van der Waals surface area contributed by atoms with Crippen molar-refractivity contribution in [1.29, 1.82) is 0 Å². The summed E-state index contributed by atoms with van der Waals surface area (Å²) < 4.78 is 0. The molecular formula is C16H20N4O. The van der Waals surface area contributed by atoms with Gasteiger partial charge in [-0.2, -0.15) is 0 Å². The summed E-state index contributed by atoms with van der Waals surface area (Å²) in [5.74, 6) is 0.434. The highest BCUT2D eigenvalue weighted by atomic mass is 16.2. The van der Waals surface area contributed by atoms with Crippen LogP contribution in [0.25, 0.3) is 0 Å². The fourth-order valence-corrected chi connectivity index (χ4v) is 1.87. The number of aromatic nitrogens is 2. The molecule has 1 amide bonds. The maximum Gasteiger partial charge on any atom is 0.256 e. The van der Waals surface area contributed by atoms with E-state index in [2.05, 4.69) is 22.2 Å². The van der Waals surface area contributed by atoms with Gasteiger partial charge in [0.1, 0.15) is 0 Å². The maximum atomic E-state index is 12.1. The highest BCUT2D eigenvalue weighted by molar-refractivity contribution is 5.93. The van der Waals surface area contributed by atoms with Gasteiger partial charge in [0.2, 0.25) is 5.95 Å². The normalized spacial score (nSPS) is 10.2. The predicted octanol–water partition coefficient (Wildman–Crippen LogP) is 3.09. The van der Waals surface area contributed by atoms with Crippen LogP contribution in [0, 0.1) is 0 Å². The van der Waals surface area contributed by atoms with Gasteiger partial charge in [-0.25, -0.2) is 9.97 Å². The van der Waals surface area contributed by atoms with Crippen LogP contribution in [0.3, 0.4) is 0 Å². The van der Waals surface area contributed by atoms with E-state index in [0.717, 1.165) is 25.1 Å². The molecule has 0 saturated heterocycles. The molecule has 0 saturated carbocycles. The SMILES string of the molecule is CCCCN(C)C(=O)c1cnc(Nc2ccccc2)nc1. The molecule has 0 atom stereocenters. The lowest BCUT2D eigenvalue weighted by Crippen LogP contribution is -2.27. The lowest BCUT2D eigenvalue weighted by molar-refractivity contribution is 0.0792. The number of para-hydroxylation sites is 1. The molecule has 0 unspecified atom stereocenters. The minimum absolute atomic E-state index is 0.0466. The van der Waals surface area contributed by atoms with Gasteiger partial charge in [-0.15, -0.1) is 0 Å². The van der Waals surface area contributed by atoms with Crippen LogP contribution in [0.15, 0.2) is 42.7 Å². The summed E-state index contributed by atoms with van der Waals surface area (Å²) in [4.78, 5) is 22.2. The van der Waals surface area contributed by atoms with E-state index in [9.17, 15) is 4.79 Å². The number of benzene rings is 1.